The van der Waals surface area contributed by atoms with Crippen LogP contribution in [-0.4, -0.2) is 15.0 Å². The summed E-state index contributed by atoms with van der Waals surface area (Å²) >= 11 is 0. The number of hydrogen-bond acceptors (Lipinski definition) is 3. The summed E-state index contributed by atoms with van der Waals surface area (Å²) in [5, 5.41) is 12.4. The number of hydrogen-bond donors (Lipinski definition) is 0. The maximum Gasteiger partial charge on any atom is 0.195 e. The van der Waals surface area contributed by atoms with Crippen molar-refractivity contribution in [3.05, 3.63) is 278 Å². The van der Waals surface area contributed by atoms with E-state index in [0.717, 1.165) is 66.8 Å². The van der Waals surface area contributed by atoms with Crippen LogP contribution in [0.2, 0.25) is 0 Å². The van der Waals surface area contributed by atoms with Crippen molar-refractivity contribution in [3.63, 3.8) is 0 Å². The van der Waals surface area contributed by atoms with Gasteiger partial charge in [-0.05, 0) is 140 Å². The van der Waals surface area contributed by atoms with Gasteiger partial charge in [-0.3, -0.25) is 0 Å². The largest absolute Gasteiger partial charge is 0.237 e. The lowest BCUT2D eigenvalue weighted by atomic mass is 9.89. The van der Waals surface area contributed by atoms with Crippen molar-refractivity contribution >= 4 is 59.5 Å². The van der Waals surface area contributed by atoms with Gasteiger partial charge in [-0.2, -0.15) is 0 Å². The molecule has 0 N–H and O–H groups in total. The molecule has 0 saturated carbocycles. The van der Waals surface area contributed by atoms with Crippen LogP contribution < -0.4 is 0 Å². The molecule has 0 aliphatic carbocycles. The van der Waals surface area contributed by atoms with Crippen LogP contribution in [0.15, 0.2) is 267 Å². The van der Waals surface area contributed by atoms with Crippen LogP contribution in [0.1, 0.15) is 0 Å². The van der Waals surface area contributed by atoms with E-state index < -0.39 is 0 Å². The Kier molecular flexibility index (Phi) is 10.9. The predicted molar refractivity (Wildman–Crippen MR) is 317 cm³/mol. The van der Waals surface area contributed by atoms with Gasteiger partial charge < -0.3 is 0 Å². The monoisotopic (exact) mass is 964 g/mol. The fraction of sp³-hybridized carbons (Fsp3) is 0. The second-order valence-electron chi connectivity index (χ2n) is 19.3. The Labute approximate surface area is 440 Å². The Morgan fingerprint density at radius 3 is 1.28 bits per heavy atom. The summed E-state index contributed by atoms with van der Waals surface area (Å²) in [6.07, 6.45) is 0. The van der Waals surface area contributed by atoms with Gasteiger partial charge in [0.05, 0.1) is 6.57 Å². The average Bonchev–Trinajstić information content (AvgIpc) is 3.55. The van der Waals surface area contributed by atoms with Crippen LogP contribution in [0.4, 0.5) is 5.69 Å². The molecule has 0 aliphatic heterocycles. The van der Waals surface area contributed by atoms with Crippen LogP contribution in [-0.2, 0) is 0 Å². The zero-order valence-corrected chi connectivity index (χ0v) is 41.2. The molecule has 4 heteroatoms. The van der Waals surface area contributed by atoms with Crippen molar-refractivity contribution in [1.82, 2.24) is 15.0 Å². The maximum absolute atomic E-state index is 8.46. The molecule has 0 atom stereocenters. The molecule has 13 aromatic carbocycles. The summed E-state index contributed by atoms with van der Waals surface area (Å²) in [5.41, 5.74) is 13.8. The molecule has 0 radical (unpaired) electrons. The maximum atomic E-state index is 8.46. The summed E-state index contributed by atoms with van der Waals surface area (Å²) in [5.74, 6) is 1.79. The van der Waals surface area contributed by atoms with Crippen LogP contribution in [0.5, 0.6) is 0 Å². The van der Waals surface area contributed by atoms with Crippen molar-refractivity contribution in [1.29, 1.82) is 0 Å². The number of nitrogens with zero attached hydrogens (tertiary/aromatic N) is 4. The van der Waals surface area contributed by atoms with Gasteiger partial charge in [0.25, 0.3) is 0 Å². The molecule has 0 bridgehead atoms. The summed E-state index contributed by atoms with van der Waals surface area (Å²) in [6.45, 7) is 8.46. The molecule has 76 heavy (non-hydrogen) atoms. The van der Waals surface area contributed by atoms with Crippen molar-refractivity contribution in [2.24, 2.45) is 0 Å². The van der Waals surface area contributed by atoms with Gasteiger partial charge in [-0.1, -0.05) is 237 Å². The molecule has 0 spiro atoms. The highest BCUT2D eigenvalue weighted by Gasteiger charge is 2.18. The predicted octanol–water partition coefficient (Wildman–Crippen LogP) is 19.5. The third-order valence-electron chi connectivity index (χ3n) is 14.9. The molecule has 0 aliphatic rings. The van der Waals surface area contributed by atoms with E-state index >= 15 is 0 Å². The fourth-order valence-electron chi connectivity index (χ4n) is 11.2. The SMILES string of the molecule is [C-]#[N+]c1cc(-c2ccccc2-c2ccc3c4ccccc4c4ccccc4c3c2)ccc1-c1cccc(-c2cccc(-c3nc(-c4ccccc4)nc(-c4ccc(-c5cc6ccccc6c6ccccc56)cc4)n3)c2)c1. The molecule has 14 rings (SSSR count). The van der Waals surface area contributed by atoms with Gasteiger partial charge in [-0.15, -0.1) is 0 Å². The third-order valence-corrected chi connectivity index (χ3v) is 14.9. The van der Waals surface area contributed by atoms with E-state index in [9.17, 15) is 0 Å². The molecule has 0 saturated heterocycles. The van der Waals surface area contributed by atoms with Crippen molar-refractivity contribution in [3.8, 4) is 89.8 Å². The van der Waals surface area contributed by atoms with Crippen LogP contribution >= 0.6 is 0 Å². The summed E-state index contributed by atoms with van der Waals surface area (Å²) in [4.78, 5) is 19.4. The molecule has 0 amide bonds. The molecule has 352 valence electrons. The molecule has 4 nitrogen and oxygen atoms in total. The highest BCUT2D eigenvalue weighted by atomic mass is 15.0. The Bertz CT molecular complexity index is 4610. The van der Waals surface area contributed by atoms with Crippen LogP contribution in [0.25, 0.3) is 149 Å². The zero-order chi connectivity index (χ0) is 50.5. The summed E-state index contributed by atoms with van der Waals surface area (Å²) in [7, 11) is 0. The highest BCUT2D eigenvalue weighted by Crippen LogP contribution is 2.43. The van der Waals surface area contributed by atoms with Crippen molar-refractivity contribution < 1.29 is 0 Å². The van der Waals surface area contributed by atoms with Crippen LogP contribution in [0.3, 0.4) is 0 Å². The van der Waals surface area contributed by atoms with Crippen LogP contribution in [0, 0.1) is 6.57 Å². The number of fused-ring (bicyclic) bond motifs is 9. The minimum absolute atomic E-state index is 0.586. The molecule has 1 heterocycles. The van der Waals surface area contributed by atoms with E-state index in [4.69, 9.17) is 21.5 Å². The first-order chi connectivity index (χ1) is 37.6. The zero-order valence-electron chi connectivity index (χ0n) is 41.2. The first kappa shape index (κ1) is 44.4. The van der Waals surface area contributed by atoms with E-state index in [1.54, 1.807) is 0 Å². The lowest BCUT2D eigenvalue weighted by Crippen LogP contribution is -2.00. The molecular formula is C72H44N4. The van der Waals surface area contributed by atoms with Gasteiger partial charge in [0.15, 0.2) is 23.2 Å². The van der Waals surface area contributed by atoms with Crippen molar-refractivity contribution in [2.45, 2.75) is 0 Å². The highest BCUT2D eigenvalue weighted by molar-refractivity contribution is 6.26. The molecular weight excluding hydrogens is 921 g/mol. The first-order valence-corrected chi connectivity index (χ1v) is 25.6. The average molecular weight is 965 g/mol. The Morgan fingerprint density at radius 1 is 0.224 bits per heavy atom. The molecule has 1 aromatic heterocycles. The second kappa shape index (κ2) is 18.6. The van der Waals surface area contributed by atoms with E-state index in [1.807, 2.05) is 36.4 Å². The van der Waals surface area contributed by atoms with E-state index in [-0.39, 0.29) is 0 Å². The Morgan fingerprint density at radius 2 is 0.632 bits per heavy atom. The van der Waals surface area contributed by atoms with Crippen molar-refractivity contribution in [2.75, 3.05) is 0 Å². The summed E-state index contributed by atoms with van der Waals surface area (Å²) in [6, 6.07) is 94.1. The number of rotatable bonds is 8. The standard InChI is InChI=1S/C72H44N4/c1-73-69-45-54(57-25-8-7-24-56(57)53-38-40-66-63-30-11-10-28-61(63)62-29-12-14-32-65(62)68(66)44-53)37-39-59(69)51-22-15-20-49(41-51)50-21-16-23-55(42-50)72-75-70(47-17-3-2-4-18-47)74-71(76-72)48-35-33-46(34-36-48)67-43-52-19-5-6-26-58(52)60-27-9-13-31-64(60)67/h2-45H. The van der Waals surface area contributed by atoms with Gasteiger partial charge >= 0.3 is 0 Å². The lowest BCUT2D eigenvalue weighted by molar-refractivity contribution is 1.07. The molecule has 0 unspecified atom stereocenters. The fourth-order valence-corrected chi connectivity index (χ4v) is 11.2. The Hall–Kier alpha value is -10.3. The van der Waals surface area contributed by atoms with Gasteiger partial charge in [0, 0.05) is 16.7 Å². The quantitative estimate of drug-likeness (QED) is 0.113. The minimum atomic E-state index is 0.586. The van der Waals surface area contributed by atoms with E-state index in [2.05, 4.69) is 235 Å². The summed E-state index contributed by atoms with van der Waals surface area (Å²) < 4.78 is 0. The first-order valence-electron chi connectivity index (χ1n) is 25.6. The topological polar surface area (TPSA) is 43.0 Å². The Balaban J connectivity index is 0.795. The number of aromatic nitrogens is 3. The van der Waals surface area contributed by atoms with Gasteiger partial charge in [0.2, 0.25) is 0 Å². The van der Waals surface area contributed by atoms with E-state index in [1.165, 1.54) is 59.4 Å². The normalized spacial score (nSPS) is 11.4. The van der Waals surface area contributed by atoms with E-state index in [0.29, 0.717) is 23.2 Å². The second-order valence-corrected chi connectivity index (χ2v) is 19.3. The molecule has 14 aromatic rings. The third kappa shape index (κ3) is 7.83. The van der Waals surface area contributed by atoms with Gasteiger partial charge in [-0.25, -0.2) is 19.8 Å². The smallest absolute Gasteiger partial charge is 0.195 e. The minimum Gasteiger partial charge on any atom is -0.237 e. The van der Waals surface area contributed by atoms with Gasteiger partial charge in [0.1, 0.15) is 0 Å². The lowest BCUT2D eigenvalue weighted by Gasteiger charge is -2.15. The molecule has 0 fully saturated rings. The number of benzene rings is 13.